The summed E-state index contributed by atoms with van der Waals surface area (Å²) in [5.41, 5.74) is 5.20. The second-order valence-electron chi connectivity index (χ2n) is 10.9. The van der Waals surface area contributed by atoms with Gasteiger partial charge in [-0.2, -0.15) is 9.97 Å². The maximum atomic E-state index is 13.0. The van der Waals surface area contributed by atoms with Crippen LogP contribution in [0.15, 0.2) is 47.0 Å². The molecule has 4 heterocycles. The number of rotatable bonds is 8. The number of hydrogen-bond donors (Lipinski definition) is 2. The molecule has 1 aliphatic heterocycles. The summed E-state index contributed by atoms with van der Waals surface area (Å²) in [7, 11) is 3.36. The lowest BCUT2D eigenvalue weighted by Crippen LogP contribution is -2.49. The summed E-state index contributed by atoms with van der Waals surface area (Å²) >= 11 is 0. The molecule has 0 spiro atoms. The predicted octanol–water partition coefficient (Wildman–Crippen LogP) is 5.62. The molecule has 1 saturated heterocycles. The molecule has 7 rings (SSSR count). The fourth-order valence-electron chi connectivity index (χ4n) is 5.60. The standard InChI is InChI=1S/C31H32N6O5/c1-17-33-24-10-8-18(12-26(24)41-17)22-14-32-28-27(22)29(42-21-6-4-5-7-21)36-31(35-28)34-23-11-9-19(13-25(23)39-3)30(38)37(2)20-15-40-16-20/h8-14,20-21H,4-7,15-16H2,1-3H3,(H2,32,34,35,36). The number of amides is 1. The van der Waals surface area contributed by atoms with E-state index in [9.17, 15) is 4.79 Å². The summed E-state index contributed by atoms with van der Waals surface area (Å²) < 4.78 is 23.2. The molecule has 0 radical (unpaired) electrons. The Morgan fingerprint density at radius 1 is 1.10 bits per heavy atom. The smallest absolute Gasteiger partial charge is 0.254 e. The molecular weight excluding hydrogens is 536 g/mol. The van der Waals surface area contributed by atoms with Gasteiger partial charge in [-0.15, -0.1) is 0 Å². The number of H-pyrrole nitrogens is 1. The number of methoxy groups -OCH3 is 1. The van der Waals surface area contributed by atoms with E-state index in [1.165, 1.54) is 0 Å². The number of nitrogens with zero attached hydrogens (tertiary/aromatic N) is 4. The SMILES string of the molecule is COc1cc(C(=O)N(C)C2COC2)ccc1Nc1nc(OC2CCCC2)c2c(-c3ccc4nc(C)oc4c3)c[nH]c2n1. The molecule has 11 heteroatoms. The fourth-order valence-corrected chi connectivity index (χ4v) is 5.60. The van der Waals surface area contributed by atoms with Gasteiger partial charge in [0.2, 0.25) is 11.8 Å². The molecule has 2 aliphatic rings. The van der Waals surface area contributed by atoms with E-state index in [0.29, 0.717) is 53.6 Å². The zero-order valence-electron chi connectivity index (χ0n) is 23.8. The molecule has 0 bridgehead atoms. The Kier molecular flexibility index (Phi) is 6.66. The van der Waals surface area contributed by atoms with Crippen LogP contribution in [0.4, 0.5) is 11.6 Å². The first-order valence-corrected chi connectivity index (χ1v) is 14.2. The summed E-state index contributed by atoms with van der Waals surface area (Å²) in [5, 5.41) is 4.09. The van der Waals surface area contributed by atoms with Gasteiger partial charge in [-0.25, -0.2) is 4.98 Å². The summed E-state index contributed by atoms with van der Waals surface area (Å²) in [6.45, 7) is 2.95. The van der Waals surface area contributed by atoms with Gasteiger partial charge in [0.05, 0.1) is 37.4 Å². The van der Waals surface area contributed by atoms with E-state index >= 15 is 0 Å². The van der Waals surface area contributed by atoms with E-state index in [1.807, 2.05) is 31.3 Å². The van der Waals surface area contributed by atoms with E-state index in [-0.39, 0.29) is 18.1 Å². The fraction of sp³-hybridized carbons (Fsp3) is 0.355. The Bertz CT molecular complexity index is 1790. The van der Waals surface area contributed by atoms with Gasteiger partial charge in [-0.3, -0.25) is 4.79 Å². The van der Waals surface area contributed by atoms with Crippen molar-refractivity contribution in [2.24, 2.45) is 0 Å². The average molecular weight is 569 g/mol. The highest BCUT2D eigenvalue weighted by Crippen LogP contribution is 2.38. The number of hydrogen-bond acceptors (Lipinski definition) is 9. The van der Waals surface area contributed by atoms with Crippen molar-refractivity contribution >= 4 is 39.7 Å². The molecule has 216 valence electrons. The lowest BCUT2D eigenvalue weighted by molar-refractivity contribution is -0.0467. The lowest BCUT2D eigenvalue weighted by Gasteiger charge is -2.34. The Labute approximate surface area is 242 Å². The molecule has 0 unspecified atom stereocenters. The van der Waals surface area contributed by atoms with E-state index in [0.717, 1.165) is 53.3 Å². The van der Waals surface area contributed by atoms with Crippen molar-refractivity contribution in [1.82, 2.24) is 24.8 Å². The van der Waals surface area contributed by atoms with Crippen molar-refractivity contribution in [2.75, 3.05) is 32.7 Å². The van der Waals surface area contributed by atoms with Crippen LogP contribution in [0, 0.1) is 6.92 Å². The van der Waals surface area contributed by atoms with Crippen LogP contribution in [0.5, 0.6) is 11.6 Å². The van der Waals surface area contributed by atoms with Crippen LogP contribution in [0.1, 0.15) is 41.9 Å². The monoisotopic (exact) mass is 568 g/mol. The molecule has 11 nitrogen and oxygen atoms in total. The van der Waals surface area contributed by atoms with Crippen LogP contribution in [-0.2, 0) is 4.74 Å². The number of benzene rings is 2. The number of aromatic nitrogens is 4. The number of fused-ring (bicyclic) bond motifs is 2. The van der Waals surface area contributed by atoms with Crippen molar-refractivity contribution < 1.29 is 23.4 Å². The summed E-state index contributed by atoms with van der Waals surface area (Å²) in [6, 6.07) is 11.3. The summed E-state index contributed by atoms with van der Waals surface area (Å²) in [4.78, 5) is 32.1. The van der Waals surface area contributed by atoms with E-state index in [4.69, 9.17) is 28.6 Å². The molecule has 2 fully saturated rings. The van der Waals surface area contributed by atoms with E-state index in [2.05, 4.69) is 15.3 Å². The number of likely N-dealkylation sites (N-methyl/N-ethyl adjacent to an activating group) is 1. The van der Waals surface area contributed by atoms with Crippen molar-refractivity contribution in [3.8, 4) is 22.8 Å². The molecule has 0 atom stereocenters. The maximum Gasteiger partial charge on any atom is 0.254 e. The summed E-state index contributed by atoms with van der Waals surface area (Å²) in [5.74, 6) is 1.90. The van der Waals surface area contributed by atoms with E-state index in [1.54, 1.807) is 37.3 Å². The van der Waals surface area contributed by atoms with Gasteiger partial charge in [0.1, 0.15) is 23.0 Å². The highest BCUT2D eigenvalue weighted by molar-refractivity contribution is 5.99. The quantitative estimate of drug-likeness (QED) is 0.245. The van der Waals surface area contributed by atoms with Crippen LogP contribution in [0.2, 0.25) is 0 Å². The van der Waals surface area contributed by atoms with Gasteiger partial charge < -0.3 is 33.8 Å². The second-order valence-corrected chi connectivity index (χ2v) is 10.9. The van der Waals surface area contributed by atoms with Crippen LogP contribution in [0.25, 0.3) is 33.3 Å². The topological polar surface area (TPSA) is 128 Å². The first-order chi connectivity index (χ1) is 20.5. The van der Waals surface area contributed by atoms with Crippen LogP contribution < -0.4 is 14.8 Å². The van der Waals surface area contributed by atoms with Gasteiger partial charge >= 0.3 is 0 Å². The number of ether oxygens (including phenoxy) is 3. The van der Waals surface area contributed by atoms with Crippen LogP contribution in [-0.4, -0.2) is 70.3 Å². The third kappa shape index (κ3) is 4.79. The number of oxazole rings is 1. The number of aromatic amines is 1. The van der Waals surface area contributed by atoms with Gasteiger partial charge in [-0.1, -0.05) is 6.07 Å². The molecule has 2 aromatic carbocycles. The minimum atomic E-state index is -0.0873. The normalized spacial score (nSPS) is 15.7. The molecule has 3 aromatic heterocycles. The van der Waals surface area contributed by atoms with Gasteiger partial charge in [0.25, 0.3) is 5.91 Å². The number of nitrogens with one attached hydrogen (secondary N) is 2. The number of anilines is 2. The molecule has 2 N–H and O–H groups in total. The van der Waals surface area contributed by atoms with Gasteiger partial charge in [0, 0.05) is 31.3 Å². The zero-order chi connectivity index (χ0) is 28.8. The molecule has 1 aliphatic carbocycles. The number of aryl methyl sites for hydroxylation is 1. The average Bonchev–Trinajstić information content (AvgIpc) is 3.71. The Morgan fingerprint density at radius 3 is 2.69 bits per heavy atom. The van der Waals surface area contributed by atoms with Crippen LogP contribution >= 0.6 is 0 Å². The third-order valence-electron chi connectivity index (χ3n) is 8.07. The predicted molar refractivity (Wildman–Crippen MR) is 157 cm³/mol. The van der Waals surface area contributed by atoms with Gasteiger partial charge in [-0.05, 0) is 61.6 Å². The van der Waals surface area contributed by atoms with Crippen molar-refractivity contribution in [2.45, 2.75) is 44.8 Å². The molecule has 1 saturated carbocycles. The van der Waals surface area contributed by atoms with Crippen LogP contribution in [0.3, 0.4) is 0 Å². The Balaban J connectivity index is 1.24. The van der Waals surface area contributed by atoms with E-state index < -0.39 is 0 Å². The first-order valence-electron chi connectivity index (χ1n) is 14.2. The second kappa shape index (κ2) is 10.6. The molecule has 42 heavy (non-hydrogen) atoms. The minimum Gasteiger partial charge on any atom is -0.495 e. The Hall–Kier alpha value is -4.64. The zero-order valence-corrected chi connectivity index (χ0v) is 23.8. The number of carbonyl (C=O) groups is 1. The Morgan fingerprint density at radius 2 is 1.93 bits per heavy atom. The highest BCUT2D eigenvalue weighted by Gasteiger charge is 2.28. The summed E-state index contributed by atoms with van der Waals surface area (Å²) in [6.07, 6.45) is 6.26. The number of carbonyl (C=O) groups excluding carboxylic acids is 1. The lowest BCUT2D eigenvalue weighted by atomic mass is 10.1. The van der Waals surface area contributed by atoms with Crippen molar-refractivity contribution in [1.29, 1.82) is 0 Å². The maximum absolute atomic E-state index is 13.0. The molecule has 5 aromatic rings. The van der Waals surface area contributed by atoms with Crippen molar-refractivity contribution in [3.05, 3.63) is 54.0 Å². The highest BCUT2D eigenvalue weighted by atomic mass is 16.5. The van der Waals surface area contributed by atoms with Crippen molar-refractivity contribution in [3.63, 3.8) is 0 Å². The molecule has 1 amide bonds. The first kappa shape index (κ1) is 26.3. The molecular formula is C31H32N6O5. The largest absolute Gasteiger partial charge is 0.495 e. The third-order valence-corrected chi connectivity index (χ3v) is 8.07. The minimum absolute atomic E-state index is 0.0873. The van der Waals surface area contributed by atoms with Gasteiger partial charge in [0.15, 0.2) is 11.5 Å².